The zero-order chi connectivity index (χ0) is 78.8. The van der Waals surface area contributed by atoms with E-state index in [1.165, 1.54) is 22.3 Å². The first kappa shape index (κ1) is 83.7. The molecule has 4 spiro atoms. The second-order valence-corrected chi connectivity index (χ2v) is 35.2. The Hall–Kier alpha value is -8.32. The zero-order valence-corrected chi connectivity index (χ0v) is 67.7. The van der Waals surface area contributed by atoms with Crippen molar-refractivity contribution in [3.05, 3.63) is 189 Å². The van der Waals surface area contributed by atoms with Crippen molar-refractivity contribution < 1.29 is 28.7 Å². The summed E-state index contributed by atoms with van der Waals surface area (Å²) in [6, 6.07) is 42.6. The summed E-state index contributed by atoms with van der Waals surface area (Å²) >= 11 is 0. The van der Waals surface area contributed by atoms with Gasteiger partial charge in [-0.25, -0.2) is 45.5 Å². The van der Waals surface area contributed by atoms with Crippen LogP contribution >= 0.6 is 0 Å². The Kier molecular flexibility index (Phi) is 26.0. The third kappa shape index (κ3) is 17.9. The van der Waals surface area contributed by atoms with E-state index in [1.54, 1.807) is 14.2 Å². The topological polar surface area (TPSA) is 178 Å². The molecule has 4 N–H and O–H groups in total. The lowest BCUT2D eigenvalue weighted by molar-refractivity contribution is -0.0156. The van der Waals surface area contributed by atoms with E-state index in [0.29, 0.717) is 65.8 Å². The van der Waals surface area contributed by atoms with Gasteiger partial charge in [-0.1, -0.05) is 121 Å². The monoisotopic (exact) mass is 1480 g/mol. The van der Waals surface area contributed by atoms with E-state index in [1.807, 2.05) is 111 Å². The summed E-state index contributed by atoms with van der Waals surface area (Å²) in [5, 5.41) is 13.6. The maximum atomic E-state index is 13.2. The van der Waals surface area contributed by atoms with Crippen LogP contribution < -0.4 is 21.3 Å². The van der Waals surface area contributed by atoms with E-state index in [0.717, 1.165) is 103 Å². The van der Waals surface area contributed by atoms with Gasteiger partial charge in [-0.2, -0.15) is 0 Å². The molecule has 4 aromatic carbocycles. The molecule has 4 aliphatic carbocycles. The van der Waals surface area contributed by atoms with Crippen LogP contribution in [0.2, 0.25) is 0 Å². The summed E-state index contributed by atoms with van der Waals surface area (Å²) in [4.78, 5) is 81.8. The fourth-order valence-corrected chi connectivity index (χ4v) is 18.8. The van der Waals surface area contributed by atoms with Crippen LogP contribution in [0.15, 0.2) is 121 Å². The third-order valence-corrected chi connectivity index (χ3v) is 25.5. The Balaban J connectivity index is 0.000000166. The summed E-state index contributed by atoms with van der Waals surface area (Å²) in [6.45, 7) is 49.9. The van der Waals surface area contributed by atoms with Crippen molar-refractivity contribution >= 4 is 24.1 Å². The first-order valence-corrected chi connectivity index (χ1v) is 38.8. The van der Waals surface area contributed by atoms with Crippen LogP contribution in [0, 0.1) is 26.3 Å². The molecule has 22 nitrogen and oxygen atoms in total. The van der Waals surface area contributed by atoms with Crippen molar-refractivity contribution in [2.75, 3.05) is 122 Å². The zero-order valence-electron chi connectivity index (χ0n) is 67.7. The van der Waals surface area contributed by atoms with Crippen molar-refractivity contribution in [2.45, 2.75) is 225 Å². The van der Waals surface area contributed by atoms with Crippen molar-refractivity contribution in [3.63, 3.8) is 0 Å². The van der Waals surface area contributed by atoms with Crippen LogP contribution in [0.1, 0.15) is 180 Å². The van der Waals surface area contributed by atoms with Gasteiger partial charge >= 0.3 is 24.1 Å². The lowest BCUT2D eigenvalue weighted by atomic mass is 9.68. The number of rotatable bonds is 20. The van der Waals surface area contributed by atoms with E-state index < -0.39 is 22.2 Å². The van der Waals surface area contributed by atoms with Crippen LogP contribution in [0.25, 0.3) is 19.4 Å². The van der Waals surface area contributed by atoms with E-state index in [4.69, 9.17) is 35.8 Å². The number of nitrogens with zero attached hydrogens (tertiary/aromatic N) is 12. The Labute approximate surface area is 646 Å². The predicted octanol–water partition coefficient (Wildman–Crippen LogP) is 13.9. The van der Waals surface area contributed by atoms with Gasteiger partial charge < -0.3 is 69.7 Å². The molecule has 0 aromatic heterocycles. The van der Waals surface area contributed by atoms with E-state index >= 15 is 0 Å². The van der Waals surface area contributed by atoms with Crippen LogP contribution in [0.4, 0.5) is 19.2 Å². The number of urea groups is 4. The van der Waals surface area contributed by atoms with Crippen molar-refractivity contribution in [1.82, 2.24) is 60.5 Å². The van der Waals surface area contributed by atoms with Crippen LogP contribution in [-0.4, -0.2) is 230 Å². The molecule has 8 fully saturated rings. The number of carbonyl (C=O) groups excluding carboxylic acids is 4. The normalized spacial score (nSPS) is 28.5. The maximum absolute atomic E-state index is 13.2. The smallest absolute Gasteiger partial charge is 0.322 e. The lowest BCUT2D eigenvalue weighted by Gasteiger charge is -2.50. The second-order valence-electron chi connectivity index (χ2n) is 35.2. The Morgan fingerprint density at radius 1 is 0.389 bits per heavy atom. The second kappa shape index (κ2) is 33.5. The van der Waals surface area contributed by atoms with Crippen molar-refractivity contribution in [3.8, 4) is 0 Å². The van der Waals surface area contributed by atoms with E-state index in [9.17, 15) is 19.2 Å². The number of nitrogens with one attached hydrogen (secondary N) is 4. The highest BCUT2D eigenvalue weighted by Crippen LogP contribution is 2.52. The van der Waals surface area contributed by atoms with Crippen molar-refractivity contribution in [2.24, 2.45) is 0 Å². The first-order valence-electron chi connectivity index (χ1n) is 38.8. The standard InChI is InChI=1S/C23H34N4O2.C22H32N4O2.C21H30N4O.C20H28N4O/c1-21(2,24-3)16-26-17-22(27(18-29-6)20(26)28)12-14-23(15-13-22,25(4)5)19-10-8-7-9-11-19;1-20(2,23-3)15-25-16-21(26(17-28-5)19(25)27)11-13-22(24-4,14-12-21)18-9-7-6-8-10-18;1-19(2,22-3)15-25-16-20(23-18(25)26)11-13-21(14-12-20,24(4)5)17-9-7-6-8-10-17;1-18(2,21-3)14-24-15-19(23-17(24)25)10-12-20(22-4,13-11-19)16-8-6-5-7-9-16/h7-11H,12-18H2,1-2,4-6H3;6-10,24H,11-17H2,1-2,4-5H3;6-10H,11-16H2,1-2,4-5H3,(H,23,26);5-9,22H,10-15H2,1-2,4H3,(H,23,25). The average Bonchev–Trinajstić information content (AvgIpc) is 1.55. The lowest BCUT2D eigenvalue weighted by Crippen LogP contribution is -2.55. The largest absolute Gasteiger partial charge is 0.364 e. The number of methoxy groups -OCH3 is 2. The SMILES string of the molecule is [C-]#[N+]C(C)(C)CN1CC2(CCC(NC)(c3ccccc3)CC2)N(COC)C1=O.[C-]#[N+]C(C)(C)CN1CC2(CCC(NC)(c3ccccc3)CC2)NC1=O.[C-]#[N+]C(C)(C)CN1CC2(CCC(c3ccccc3)(N(C)C)CC2)N(COC)C1=O.[C-]#[N+]C(C)(C)CN1CC2(CCC(c3ccccc3)(N(C)C)CC2)NC1=O. The minimum absolute atomic E-state index is 0.000592. The maximum Gasteiger partial charge on any atom is 0.322 e. The highest BCUT2D eigenvalue weighted by molar-refractivity contribution is 5.80. The van der Waals surface area contributed by atoms with Crippen LogP contribution in [0.3, 0.4) is 0 Å². The van der Waals surface area contributed by atoms with Crippen LogP contribution in [-0.2, 0) is 31.6 Å². The molecule has 12 rings (SSSR count). The molecule has 0 bridgehead atoms. The molecule has 8 aliphatic rings. The van der Waals surface area contributed by atoms with Gasteiger partial charge in [0.1, 0.15) is 13.5 Å². The molecule has 22 heteroatoms. The number of hydrogen-bond acceptors (Lipinski definition) is 10. The molecule has 4 aliphatic heterocycles. The Morgan fingerprint density at radius 3 is 0.926 bits per heavy atom. The molecule has 108 heavy (non-hydrogen) atoms. The van der Waals surface area contributed by atoms with Gasteiger partial charge in [0.15, 0.2) is 0 Å². The summed E-state index contributed by atoms with van der Waals surface area (Å²) in [7, 11) is 16.0. The summed E-state index contributed by atoms with van der Waals surface area (Å²) in [5.74, 6) is 0. The van der Waals surface area contributed by atoms with Gasteiger partial charge in [0.2, 0.25) is 22.2 Å². The van der Waals surface area contributed by atoms with Crippen LogP contribution in [0.5, 0.6) is 0 Å². The molecule has 0 unspecified atom stereocenters. The number of amides is 8. The fraction of sp³-hybridized carbons (Fsp3) is 0.628. The van der Waals surface area contributed by atoms with E-state index in [-0.39, 0.29) is 68.4 Å². The molecule has 4 aromatic rings. The number of ether oxygens (including phenoxy) is 2. The molecule has 0 radical (unpaired) electrons. The Morgan fingerprint density at radius 2 is 0.648 bits per heavy atom. The number of benzene rings is 4. The van der Waals surface area contributed by atoms with Gasteiger partial charge in [-0.3, -0.25) is 19.6 Å². The quantitative estimate of drug-likeness (QED) is 0.0623. The highest BCUT2D eigenvalue weighted by atomic mass is 16.5. The Bertz CT molecular complexity index is 3860. The predicted molar refractivity (Wildman–Crippen MR) is 427 cm³/mol. The molecular weight excluding hydrogens is 1350 g/mol. The average molecular weight is 1480 g/mol. The van der Waals surface area contributed by atoms with Gasteiger partial charge in [-0.15, -0.1) is 0 Å². The van der Waals surface area contributed by atoms with Gasteiger partial charge in [-0.05, 0) is 167 Å². The molecule has 584 valence electrons. The molecule has 0 atom stereocenters. The van der Waals surface area contributed by atoms with Crippen molar-refractivity contribution in [1.29, 1.82) is 0 Å². The minimum atomic E-state index is -0.577. The van der Waals surface area contributed by atoms with Gasteiger partial charge in [0, 0.05) is 118 Å². The number of hydrogen-bond donors (Lipinski definition) is 4. The highest BCUT2D eigenvalue weighted by Gasteiger charge is 2.58. The minimum Gasteiger partial charge on any atom is -0.364 e. The fourth-order valence-electron chi connectivity index (χ4n) is 18.8. The van der Waals surface area contributed by atoms with E-state index in [2.05, 4.69) is 188 Å². The summed E-state index contributed by atoms with van der Waals surface area (Å²) in [6.07, 6.45) is 15.4. The molecular formula is C86H124N16O6. The first-order chi connectivity index (χ1) is 51.1. The molecule has 4 heterocycles. The molecule has 4 saturated carbocycles. The third-order valence-electron chi connectivity index (χ3n) is 25.5. The summed E-state index contributed by atoms with van der Waals surface area (Å²) in [5.41, 5.74) is 2.31. The number of carbonyl (C=O) groups is 4. The van der Waals surface area contributed by atoms with Gasteiger partial charge in [0.25, 0.3) is 0 Å². The van der Waals surface area contributed by atoms with Gasteiger partial charge in [0.05, 0.1) is 48.3 Å². The molecule has 4 saturated heterocycles. The summed E-state index contributed by atoms with van der Waals surface area (Å²) < 4.78 is 10.8. The molecule has 8 amide bonds.